The summed E-state index contributed by atoms with van der Waals surface area (Å²) in [6, 6.07) is 18.1. The summed E-state index contributed by atoms with van der Waals surface area (Å²) in [4.78, 5) is 48.8. The van der Waals surface area contributed by atoms with Crippen LogP contribution in [0.5, 0.6) is 11.5 Å². The monoisotopic (exact) mass is 793 g/mol. The van der Waals surface area contributed by atoms with Crippen LogP contribution in [0.3, 0.4) is 0 Å². The maximum absolute atomic E-state index is 14.0. The van der Waals surface area contributed by atoms with Gasteiger partial charge in [0.15, 0.2) is 0 Å². The van der Waals surface area contributed by atoms with Crippen molar-refractivity contribution >= 4 is 41.1 Å². The van der Waals surface area contributed by atoms with Gasteiger partial charge in [-0.05, 0) is 94.4 Å². The number of amides is 3. The van der Waals surface area contributed by atoms with E-state index >= 15 is 0 Å². The molecule has 4 N–H and O–H groups in total. The highest BCUT2D eigenvalue weighted by molar-refractivity contribution is 6.31. The highest BCUT2D eigenvalue weighted by Crippen LogP contribution is 2.33. The molecule has 3 amide bonds. The molecule has 0 bridgehead atoms. The number of hydrogen-bond acceptors (Lipinski definition) is 8. The number of aliphatic hydroxyl groups is 1. The third-order valence-electron chi connectivity index (χ3n) is 10.1. The van der Waals surface area contributed by atoms with Crippen LogP contribution in [0.25, 0.3) is 11.3 Å². The van der Waals surface area contributed by atoms with E-state index < -0.39 is 42.1 Å². The van der Waals surface area contributed by atoms with Gasteiger partial charge in [0.05, 0.1) is 36.6 Å². The lowest BCUT2D eigenvalue weighted by atomic mass is 9.81. The Labute approximate surface area is 331 Å². The predicted octanol–water partition coefficient (Wildman–Crippen LogP) is 5.42. The molecule has 1 saturated heterocycles. The van der Waals surface area contributed by atoms with E-state index in [0.29, 0.717) is 47.4 Å². The van der Waals surface area contributed by atoms with Gasteiger partial charge in [-0.1, -0.05) is 41.4 Å². The molecular formula is C40H49Cl2N7O6. The van der Waals surface area contributed by atoms with Gasteiger partial charge in [0.1, 0.15) is 23.4 Å². The molecule has 3 aromatic carbocycles. The number of nitrogens with one attached hydrogen (secondary N) is 2. The SMILES string of the molecule is CC(NCc1ccc(Cl)cc1Oc1ccc(-c2cnc(CN(C)C)n2C)cc1)C(=O)NC(CO)C(=O)N(C)C1(Cc2ccc(Cl)cc2)CCCN(C(=O)O)C1. The van der Waals surface area contributed by atoms with Gasteiger partial charge in [-0.3, -0.25) is 9.59 Å². The van der Waals surface area contributed by atoms with Gasteiger partial charge in [0, 0.05) is 54.9 Å². The van der Waals surface area contributed by atoms with Crippen molar-refractivity contribution < 1.29 is 29.3 Å². The van der Waals surface area contributed by atoms with E-state index in [9.17, 15) is 24.6 Å². The number of imidazole rings is 1. The summed E-state index contributed by atoms with van der Waals surface area (Å²) >= 11 is 12.5. The standard InChI is InChI=1S/C40H49Cl2N7O6/c1-26(37(51)45-33(24-50)38(52)48(5)40(17-6-18-49(25-40)39(53)54)20-27-7-12-30(41)13-8-27)43-21-29-9-14-31(42)19-35(29)55-32-15-10-28(11-16-32)34-22-44-36(47(34)4)23-46(2)3/h7-16,19,22,26,33,43,50H,6,17-18,20-21,23-25H2,1-5H3,(H,45,51)(H,53,54). The molecule has 1 aromatic heterocycles. The molecule has 0 spiro atoms. The van der Waals surface area contributed by atoms with E-state index in [-0.39, 0.29) is 13.1 Å². The van der Waals surface area contributed by atoms with Gasteiger partial charge in [-0.2, -0.15) is 0 Å². The van der Waals surface area contributed by atoms with Crippen LogP contribution >= 0.6 is 23.2 Å². The molecule has 3 unspecified atom stereocenters. The number of aliphatic hydroxyl groups excluding tert-OH is 1. The van der Waals surface area contributed by atoms with Crippen molar-refractivity contribution in [2.24, 2.45) is 7.05 Å². The van der Waals surface area contributed by atoms with Crippen LogP contribution in [0, 0.1) is 0 Å². The molecule has 1 aliphatic heterocycles. The number of aromatic nitrogens is 2. The summed E-state index contributed by atoms with van der Waals surface area (Å²) in [5.74, 6) is 1.03. The second-order valence-corrected chi connectivity index (χ2v) is 15.2. The number of piperidine rings is 1. The Balaban J connectivity index is 1.23. The Morgan fingerprint density at radius 2 is 1.71 bits per heavy atom. The molecule has 0 radical (unpaired) electrons. The highest BCUT2D eigenvalue weighted by atomic mass is 35.5. The number of benzene rings is 3. The summed E-state index contributed by atoms with van der Waals surface area (Å²) in [5, 5.41) is 27.1. The van der Waals surface area contributed by atoms with Crippen LogP contribution in [0.15, 0.2) is 72.9 Å². The minimum Gasteiger partial charge on any atom is -0.465 e. The Bertz CT molecular complexity index is 1960. The average molecular weight is 795 g/mol. The first kappa shape index (κ1) is 41.5. The van der Waals surface area contributed by atoms with Crippen molar-refractivity contribution in [1.82, 2.24) is 34.9 Å². The predicted molar refractivity (Wildman–Crippen MR) is 212 cm³/mol. The van der Waals surface area contributed by atoms with E-state index in [1.807, 2.05) is 69.8 Å². The van der Waals surface area contributed by atoms with E-state index in [1.54, 1.807) is 38.2 Å². The molecule has 0 aliphatic carbocycles. The number of carboxylic acid groups (broad SMARTS) is 1. The van der Waals surface area contributed by atoms with Crippen molar-refractivity contribution in [1.29, 1.82) is 0 Å². The molecule has 294 valence electrons. The third kappa shape index (κ3) is 10.4. The van der Waals surface area contributed by atoms with Crippen LogP contribution in [-0.2, 0) is 36.1 Å². The van der Waals surface area contributed by atoms with Crippen molar-refractivity contribution in [3.63, 3.8) is 0 Å². The number of carbonyl (C=O) groups excluding carboxylic acids is 2. The first-order chi connectivity index (χ1) is 26.2. The van der Waals surface area contributed by atoms with E-state index in [0.717, 1.165) is 34.8 Å². The quantitative estimate of drug-likeness (QED) is 0.124. The zero-order valence-corrected chi connectivity index (χ0v) is 33.3. The van der Waals surface area contributed by atoms with Crippen LogP contribution in [0.2, 0.25) is 10.0 Å². The Morgan fingerprint density at radius 3 is 2.36 bits per heavy atom. The Kier molecular flexibility index (Phi) is 13.8. The average Bonchev–Trinajstić information content (AvgIpc) is 3.52. The molecule has 2 heterocycles. The van der Waals surface area contributed by atoms with Gasteiger partial charge >= 0.3 is 6.09 Å². The number of carbonyl (C=O) groups is 3. The van der Waals surface area contributed by atoms with Crippen LogP contribution < -0.4 is 15.4 Å². The fourth-order valence-corrected chi connectivity index (χ4v) is 7.12. The van der Waals surface area contributed by atoms with Gasteiger partial charge in [-0.25, -0.2) is 9.78 Å². The van der Waals surface area contributed by atoms with Gasteiger partial charge in [0.25, 0.3) is 0 Å². The highest BCUT2D eigenvalue weighted by Gasteiger charge is 2.44. The fourth-order valence-electron chi connectivity index (χ4n) is 6.84. The summed E-state index contributed by atoms with van der Waals surface area (Å²) in [6.07, 6.45) is 2.21. The minimum absolute atomic E-state index is 0.0785. The second kappa shape index (κ2) is 18.3. The minimum atomic E-state index is -1.26. The van der Waals surface area contributed by atoms with Crippen LogP contribution in [-0.4, -0.2) is 111 Å². The maximum atomic E-state index is 14.0. The van der Waals surface area contributed by atoms with Crippen LogP contribution in [0.1, 0.15) is 36.7 Å². The number of halogens is 2. The van der Waals surface area contributed by atoms with Crippen LogP contribution in [0.4, 0.5) is 4.79 Å². The van der Waals surface area contributed by atoms with Crippen molar-refractivity contribution in [2.45, 2.75) is 56.9 Å². The molecule has 55 heavy (non-hydrogen) atoms. The Hall–Kier alpha value is -4.66. The van der Waals surface area contributed by atoms with E-state index in [4.69, 9.17) is 27.9 Å². The lowest BCUT2D eigenvalue weighted by Gasteiger charge is -2.48. The zero-order valence-electron chi connectivity index (χ0n) is 31.8. The lowest BCUT2D eigenvalue weighted by molar-refractivity contribution is -0.143. The first-order valence-electron chi connectivity index (χ1n) is 18.1. The summed E-state index contributed by atoms with van der Waals surface area (Å²) < 4.78 is 8.32. The number of hydrogen-bond donors (Lipinski definition) is 4. The molecule has 4 aromatic rings. The molecule has 1 aliphatic rings. The summed E-state index contributed by atoms with van der Waals surface area (Å²) in [6.45, 7) is 2.39. The molecular weight excluding hydrogens is 745 g/mol. The first-order valence-corrected chi connectivity index (χ1v) is 18.8. The largest absolute Gasteiger partial charge is 0.465 e. The molecule has 13 nitrogen and oxygen atoms in total. The molecule has 1 fully saturated rings. The number of rotatable bonds is 15. The van der Waals surface area contributed by atoms with Crippen molar-refractivity contribution in [2.75, 3.05) is 40.8 Å². The van der Waals surface area contributed by atoms with Gasteiger partial charge in [0.2, 0.25) is 11.8 Å². The van der Waals surface area contributed by atoms with Crippen molar-refractivity contribution in [3.05, 3.63) is 99.9 Å². The molecule has 5 rings (SSSR count). The third-order valence-corrected chi connectivity index (χ3v) is 10.5. The second-order valence-electron chi connectivity index (χ2n) is 14.3. The number of ether oxygens (including phenoxy) is 1. The number of likely N-dealkylation sites (N-methyl/N-ethyl adjacent to an activating group) is 1. The topological polar surface area (TPSA) is 152 Å². The van der Waals surface area contributed by atoms with E-state index in [2.05, 4.69) is 25.1 Å². The zero-order chi connectivity index (χ0) is 39.9. The molecule has 0 saturated carbocycles. The van der Waals surface area contributed by atoms with Gasteiger partial charge in [-0.15, -0.1) is 0 Å². The lowest BCUT2D eigenvalue weighted by Crippen LogP contribution is -2.64. The molecule has 15 heteroatoms. The van der Waals surface area contributed by atoms with E-state index in [1.165, 1.54) is 9.80 Å². The number of likely N-dealkylation sites (tertiary alicyclic amines) is 1. The normalized spacial score (nSPS) is 16.8. The summed E-state index contributed by atoms with van der Waals surface area (Å²) in [7, 11) is 7.59. The summed E-state index contributed by atoms with van der Waals surface area (Å²) in [5.41, 5.74) is 2.68. The molecule has 3 atom stereocenters. The number of nitrogens with zero attached hydrogens (tertiary/aromatic N) is 5. The fraction of sp³-hybridized carbons (Fsp3) is 0.400. The Morgan fingerprint density at radius 1 is 1.02 bits per heavy atom. The van der Waals surface area contributed by atoms with Crippen molar-refractivity contribution in [3.8, 4) is 22.8 Å². The maximum Gasteiger partial charge on any atom is 0.407 e. The van der Waals surface area contributed by atoms with Gasteiger partial charge < -0.3 is 44.9 Å². The smallest absolute Gasteiger partial charge is 0.407 e.